The van der Waals surface area contributed by atoms with Gasteiger partial charge >= 0.3 is 6.09 Å². The molecule has 25 heavy (non-hydrogen) atoms. The van der Waals surface area contributed by atoms with Gasteiger partial charge in [-0.1, -0.05) is 65.8 Å². The molecule has 0 aliphatic carbocycles. The molecule has 1 amide bonds. The van der Waals surface area contributed by atoms with E-state index in [0.29, 0.717) is 12.6 Å². The van der Waals surface area contributed by atoms with Gasteiger partial charge in [0, 0.05) is 32.1 Å². The van der Waals surface area contributed by atoms with Gasteiger partial charge in [0.15, 0.2) is 0 Å². The summed E-state index contributed by atoms with van der Waals surface area (Å²) in [7, 11) is 0. The van der Waals surface area contributed by atoms with Crippen LogP contribution >= 0.6 is 0 Å². The van der Waals surface area contributed by atoms with E-state index in [-0.39, 0.29) is 12.2 Å². The Balaban J connectivity index is 0.000000871. The van der Waals surface area contributed by atoms with Crippen LogP contribution in [0.2, 0.25) is 0 Å². The maximum atomic E-state index is 12.1. The largest absolute Gasteiger partial charge is 0.445 e. The first-order chi connectivity index (χ1) is 12.2. The van der Waals surface area contributed by atoms with Crippen LogP contribution in [0.1, 0.15) is 66.0 Å². The molecule has 1 aromatic rings. The summed E-state index contributed by atoms with van der Waals surface area (Å²) >= 11 is 0. The van der Waals surface area contributed by atoms with Crippen molar-refractivity contribution in [2.75, 3.05) is 13.1 Å². The van der Waals surface area contributed by atoms with Crippen molar-refractivity contribution in [1.29, 1.82) is 0 Å². The molecule has 2 aliphatic rings. The number of nitrogens with zero attached hydrogens (tertiary/aromatic N) is 1. The number of amides is 1. The number of benzene rings is 1. The smallest absolute Gasteiger partial charge is 0.410 e. The van der Waals surface area contributed by atoms with Gasteiger partial charge in [0.1, 0.15) is 6.10 Å². The number of ether oxygens (including phenoxy) is 1. The van der Waals surface area contributed by atoms with Gasteiger partial charge in [0.2, 0.25) is 0 Å². The molecule has 0 saturated carbocycles. The Hall–Kier alpha value is -1.55. The summed E-state index contributed by atoms with van der Waals surface area (Å²) in [6, 6.07) is 8.75. The van der Waals surface area contributed by atoms with Crippen molar-refractivity contribution in [1.82, 2.24) is 10.2 Å². The summed E-state index contributed by atoms with van der Waals surface area (Å²) in [5, 5.41) is 3.30. The second kappa shape index (κ2) is 13.7. The van der Waals surface area contributed by atoms with E-state index in [0.717, 1.165) is 25.9 Å². The van der Waals surface area contributed by atoms with Crippen LogP contribution in [0.3, 0.4) is 0 Å². The molecule has 1 fully saturated rings. The maximum absolute atomic E-state index is 12.1. The van der Waals surface area contributed by atoms with E-state index in [1.165, 1.54) is 11.1 Å². The van der Waals surface area contributed by atoms with Crippen molar-refractivity contribution >= 4 is 6.09 Å². The van der Waals surface area contributed by atoms with Crippen LogP contribution in [0, 0.1) is 0 Å². The van der Waals surface area contributed by atoms with Crippen LogP contribution in [0.25, 0.3) is 0 Å². The number of nitrogens with one attached hydrogen (secondary N) is 1. The second-order valence-electron chi connectivity index (χ2n) is 5.49. The Bertz CT molecular complexity index is 477. The fraction of sp³-hybridized carbons (Fsp3) is 0.667. The van der Waals surface area contributed by atoms with Crippen molar-refractivity contribution in [2.24, 2.45) is 0 Å². The lowest BCUT2D eigenvalue weighted by Gasteiger charge is -2.29. The first-order valence-corrected chi connectivity index (χ1v) is 9.98. The molecule has 4 nitrogen and oxygen atoms in total. The van der Waals surface area contributed by atoms with Crippen LogP contribution in [0.4, 0.5) is 4.79 Å². The van der Waals surface area contributed by atoms with Gasteiger partial charge in [-0.15, -0.1) is 0 Å². The first kappa shape index (κ1) is 23.4. The summed E-state index contributed by atoms with van der Waals surface area (Å²) in [6.45, 7) is 16.3. The zero-order valence-electron chi connectivity index (χ0n) is 17.3. The Labute approximate surface area is 154 Å². The van der Waals surface area contributed by atoms with Crippen molar-refractivity contribution in [3.05, 3.63) is 35.4 Å². The molecule has 1 saturated heterocycles. The SMILES string of the molecule is CC.CC.CC.CC1CC(OC(=O)N2CCc3ccccc3C2)CN1. The van der Waals surface area contributed by atoms with Gasteiger partial charge in [0.05, 0.1) is 0 Å². The lowest BCUT2D eigenvalue weighted by Crippen LogP contribution is -2.38. The van der Waals surface area contributed by atoms with Crippen LogP contribution in [-0.2, 0) is 17.7 Å². The molecule has 1 N–H and O–H groups in total. The van der Waals surface area contributed by atoms with Gasteiger partial charge in [0.25, 0.3) is 0 Å². The first-order valence-electron chi connectivity index (χ1n) is 9.98. The molecule has 0 spiro atoms. The van der Waals surface area contributed by atoms with Crippen molar-refractivity contribution < 1.29 is 9.53 Å². The molecule has 2 unspecified atom stereocenters. The molecule has 0 aromatic heterocycles. The minimum atomic E-state index is -0.171. The molecule has 1 aromatic carbocycles. The van der Waals surface area contributed by atoms with Crippen LogP contribution in [0.5, 0.6) is 0 Å². The van der Waals surface area contributed by atoms with Crippen molar-refractivity contribution in [3.63, 3.8) is 0 Å². The molecule has 2 aliphatic heterocycles. The fourth-order valence-corrected chi connectivity index (χ4v) is 2.85. The molecular formula is C21H38N2O2. The van der Waals surface area contributed by atoms with Crippen LogP contribution in [-0.4, -0.2) is 36.2 Å². The minimum absolute atomic E-state index is 0.0275. The third kappa shape index (κ3) is 7.47. The van der Waals surface area contributed by atoms with E-state index >= 15 is 0 Å². The Morgan fingerprint density at radius 1 is 1.08 bits per heavy atom. The summed E-state index contributed by atoms with van der Waals surface area (Å²) in [5.41, 5.74) is 2.59. The average molecular weight is 351 g/mol. The molecule has 2 atom stereocenters. The van der Waals surface area contributed by atoms with Gasteiger partial charge < -0.3 is 15.0 Å². The van der Waals surface area contributed by atoms with Gasteiger partial charge in [-0.2, -0.15) is 0 Å². The number of carbonyl (C=O) groups excluding carboxylic acids is 1. The summed E-state index contributed by atoms with van der Waals surface area (Å²) in [4.78, 5) is 14.0. The summed E-state index contributed by atoms with van der Waals surface area (Å²) in [6.07, 6.45) is 1.69. The van der Waals surface area contributed by atoms with E-state index in [2.05, 4.69) is 30.4 Å². The second-order valence-corrected chi connectivity index (χ2v) is 5.49. The lowest BCUT2D eigenvalue weighted by molar-refractivity contribution is 0.0659. The predicted molar refractivity (Wildman–Crippen MR) is 107 cm³/mol. The Kier molecular flexibility index (Phi) is 12.9. The van der Waals surface area contributed by atoms with Gasteiger partial charge in [-0.3, -0.25) is 0 Å². The normalized spacial score (nSPS) is 20.5. The highest BCUT2D eigenvalue weighted by Crippen LogP contribution is 2.20. The van der Waals surface area contributed by atoms with E-state index in [1.807, 2.05) is 52.5 Å². The van der Waals surface area contributed by atoms with E-state index < -0.39 is 0 Å². The maximum Gasteiger partial charge on any atom is 0.410 e. The predicted octanol–water partition coefficient (Wildman–Crippen LogP) is 5.01. The molecule has 144 valence electrons. The van der Waals surface area contributed by atoms with Gasteiger partial charge in [-0.25, -0.2) is 4.79 Å². The molecule has 0 bridgehead atoms. The van der Waals surface area contributed by atoms with E-state index in [1.54, 1.807) is 0 Å². The molecule has 0 radical (unpaired) electrons. The summed E-state index contributed by atoms with van der Waals surface area (Å²) in [5.74, 6) is 0. The third-order valence-electron chi connectivity index (χ3n) is 3.97. The average Bonchev–Trinajstić information content (AvgIpc) is 3.11. The standard InChI is InChI=1S/C15H20N2O2.3C2H6/c1-11-8-14(9-16-11)19-15(18)17-7-6-12-4-2-3-5-13(12)10-17;3*1-2/h2-5,11,14,16H,6-10H2,1H3;3*1-2H3. The third-order valence-corrected chi connectivity index (χ3v) is 3.97. The van der Waals surface area contributed by atoms with Crippen LogP contribution in [0.15, 0.2) is 24.3 Å². The number of rotatable bonds is 1. The number of hydrogen-bond acceptors (Lipinski definition) is 3. The highest BCUT2D eigenvalue weighted by atomic mass is 16.6. The van der Waals surface area contributed by atoms with E-state index in [9.17, 15) is 4.79 Å². The zero-order valence-corrected chi connectivity index (χ0v) is 17.3. The summed E-state index contributed by atoms with van der Waals surface area (Å²) < 4.78 is 5.56. The topological polar surface area (TPSA) is 41.6 Å². The molecular weight excluding hydrogens is 312 g/mol. The monoisotopic (exact) mass is 350 g/mol. The highest BCUT2D eigenvalue weighted by molar-refractivity contribution is 5.68. The minimum Gasteiger partial charge on any atom is -0.445 e. The molecule has 2 heterocycles. The highest BCUT2D eigenvalue weighted by Gasteiger charge is 2.27. The van der Waals surface area contributed by atoms with Gasteiger partial charge in [-0.05, 0) is 24.5 Å². The van der Waals surface area contributed by atoms with Crippen LogP contribution < -0.4 is 5.32 Å². The zero-order chi connectivity index (χ0) is 19.2. The Morgan fingerprint density at radius 2 is 1.68 bits per heavy atom. The number of carbonyl (C=O) groups is 1. The number of fused-ring (bicyclic) bond motifs is 1. The van der Waals surface area contributed by atoms with E-state index in [4.69, 9.17) is 4.74 Å². The van der Waals surface area contributed by atoms with Crippen molar-refractivity contribution in [3.8, 4) is 0 Å². The molecule has 4 heteroatoms. The molecule has 3 rings (SSSR count). The van der Waals surface area contributed by atoms with Crippen molar-refractivity contribution in [2.45, 2.75) is 80.0 Å². The number of hydrogen-bond donors (Lipinski definition) is 1. The quantitative estimate of drug-likeness (QED) is 0.774. The lowest BCUT2D eigenvalue weighted by atomic mass is 10.0. The fourth-order valence-electron chi connectivity index (χ4n) is 2.85. The Morgan fingerprint density at radius 3 is 2.24 bits per heavy atom.